The predicted molar refractivity (Wildman–Crippen MR) is 93.2 cm³/mol. The molecule has 1 unspecified atom stereocenters. The second kappa shape index (κ2) is 7.94. The fourth-order valence-electron chi connectivity index (χ4n) is 2.75. The van der Waals surface area contributed by atoms with Crippen molar-refractivity contribution < 1.29 is 9.53 Å². The number of nitrogens with one attached hydrogen (secondary N) is 2. The Labute approximate surface area is 146 Å². The van der Waals surface area contributed by atoms with E-state index in [1.165, 1.54) is 11.6 Å². The zero-order chi connectivity index (χ0) is 17.6. The second-order valence-electron chi connectivity index (χ2n) is 5.97. The molecule has 7 nitrogen and oxygen atoms in total. The Kier molecular flexibility index (Phi) is 5.45. The molecule has 0 aliphatic carbocycles. The van der Waals surface area contributed by atoms with Crippen molar-refractivity contribution in [1.29, 1.82) is 0 Å². The quantitative estimate of drug-likeness (QED) is 0.884. The van der Waals surface area contributed by atoms with E-state index in [9.17, 15) is 9.59 Å². The molecule has 2 aromatic rings. The van der Waals surface area contributed by atoms with Gasteiger partial charge in [0.1, 0.15) is 6.10 Å². The molecule has 0 saturated carbocycles. The van der Waals surface area contributed by atoms with Crippen LogP contribution in [-0.4, -0.2) is 40.8 Å². The van der Waals surface area contributed by atoms with Crippen LogP contribution in [-0.2, 0) is 17.7 Å². The molecule has 1 aliphatic rings. The Morgan fingerprint density at radius 3 is 2.80 bits per heavy atom. The molecule has 0 spiro atoms. The average molecular weight is 342 g/mol. The lowest BCUT2D eigenvalue weighted by Crippen LogP contribution is -2.47. The van der Waals surface area contributed by atoms with Gasteiger partial charge in [-0.05, 0) is 23.6 Å². The molecule has 1 fully saturated rings. The maximum Gasteiger partial charge on any atom is 0.317 e. The summed E-state index contributed by atoms with van der Waals surface area (Å²) in [6.45, 7) is 3.95. The summed E-state index contributed by atoms with van der Waals surface area (Å²) in [5.74, 6) is 0. The number of hydrogen-bond donors (Lipinski definition) is 2. The maximum absolute atomic E-state index is 12.4. The predicted octanol–water partition coefficient (Wildman–Crippen LogP) is 1.62. The lowest BCUT2D eigenvalue weighted by atomic mass is 10.0. The Balaban J connectivity index is 1.57. The zero-order valence-corrected chi connectivity index (χ0v) is 14.2. The first-order valence-electron chi connectivity index (χ1n) is 8.43. The summed E-state index contributed by atoms with van der Waals surface area (Å²) in [4.78, 5) is 25.1. The normalized spacial score (nSPS) is 17.3. The Bertz CT molecular complexity index is 752. The molecule has 1 aromatic carbocycles. The lowest BCUT2D eigenvalue weighted by Gasteiger charge is -2.33. The van der Waals surface area contributed by atoms with Gasteiger partial charge in [0.15, 0.2) is 0 Å². The highest BCUT2D eigenvalue weighted by atomic mass is 16.5. The molecule has 1 saturated heterocycles. The molecule has 1 aromatic heterocycles. The Hall–Kier alpha value is -2.67. The van der Waals surface area contributed by atoms with Crippen molar-refractivity contribution in [3.05, 3.63) is 63.6 Å². The topological polar surface area (TPSA) is 87.3 Å². The van der Waals surface area contributed by atoms with Gasteiger partial charge in [0.05, 0.1) is 25.4 Å². The molecule has 2 amide bonds. The van der Waals surface area contributed by atoms with Gasteiger partial charge in [0.25, 0.3) is 5.56 Å². The molecule has 1 aliphatic heterocycles. The highest BCUT2D eigenvalue weighted by Crippen LogP contribution is 2.22. The van der Waals surface area contributed by atoms with E-state index in [0.717, 1.165) is 12.0 Å². The van der Waals surface area contributed by atoms with Crippen molar-refractivity contribution in [3.8, 4) is 0 Å². The zero-order valence-electron chi connectivity index (χ0n) is 14.2. The SMILES string of the molecule is CCc1ccc(C2CN(C(=O)NCc3ccc(=O)[nH]n3)CCO2)cc1. The third-order valence-electron chi connectivity index (χ3n) is 4.27. The largest absolute Gasteiger partial charge is 0.370 e. The van der Waals surface area contributed by atoms with Crippen molar-refractivity contribution in [2.24, 2.45) is 0 Å². The van der Waals surface area contributed by atoms with Gasteiger partial charge in [0.2, 0.25) is 0 Å². The van der Waals surface area contributed by atoms with Gasteiger partial charge >= 0.3 is 6.03 Å². The van der Waals surface area contributed by atoms with Crippen LogP contribution in [0.4, 0.5) is 4.79 Å². The summed E-state index contributed by atoms with van der Waals surface area (Å²) >= 11 is 0. The molecular weight excluding hydrogens is 320 g/mol. The number of nitrogens with zero attached hydrogens (tertiary/aromatic N) is 2. The smallest absolute Gasteiger partial charge is 0.317 e. The summed E-state index contributed by atoms with van der Waals surface area (Å²) in [6, 6.07) is 11.1. The molecular formula is C18H22N4O3. The van der Waals surface area contributed by atoms with E-state index in [2.05, 4.69) is 46.7 Å². The Morgan fingerprint density at radius 2 is 2.12 bits per heavy atom. The summed E-state index contributed by atoms with van der Waals surface area (Å²) < 4.78 is 5.82. The first-order valence-corrected chi connectivity index (χ1v) is 8.43. The number of carbonyl (C=O) groups is 1. The number of hydrogen-bond acceptors (Lipinski definition) is 4. The van der Waals surface area contributed by atoms with Crippen LogP contribution in [0.1, 0.15) is 29.8 Å². The number of urea groups is 1. The van der Waals surface area contributed by atoms with Gasteiger partial charge in [-0.2, -0.15) is 5.10 Å². The molecule has 3 rings (SSSR count). The van der Waals surface area contributed by atoms with Gasteiger partial charge in [0, 0.05) is 12.6 Å². The molecule has 7 heteroatoms. The number of H-pyrrole nitrogens is 1. The standard InChI is InChI=1S/C18H22N4O3/c1-2-13-3-5-14(6-4-13)16-12-22(9-10-25-16)18(24)19-11-15-7-8-17(23)21-20-15/h3-8,16H,2,9-12H2,1H3,(H,19,24)(H,21,23). The highest BCUT2D eigenvalue weighted by molar-refractivity contribution is 5.74. The van der Waals surface area contributed by atoms with E-state index in [4.69, 9.17) is 4.74 Å². The fraction of sp³-hybridized carbons (Fsp3) is 0.389. The molecule has 132 valence electrons. The lowest BCUT2D eigenvalue weighted by molar-refractivity contribution is -0.0155. The monoisotopic (exact) mass is 342 g/mol. The van der Waals surface area contributed by atoms with Gasteiger partial charge in [-0.25, -0.2) is 9.89 Å². The van der Waals surface area contributed by atoms with Crippen molar-refractivity contribution in [2.75, 3.05) is 19.7 Å². The van der Waals surface area contributed by atoms with Crippen LogP contribution < -0.4 is 10.9 Å². The molecule has 1 atom stereocenters. The number of carbonyl (C=O) groups excluding carboxylic acids is 1. The third kappa shape index (κ3) is 4.45. The van der Waals surface area contributed by atoms with Crippen LogP contribution in [0.15, 0.2) is 41.2 Å². The molecule has 0 radical (unpaired) electrons. The number of rotatable bonds is 4. The maximum atomic E-state index is 12.4. The molecule has 2 heterocycles. The second-order valence-corrected chi connectivity index (χ2v) is 5.97. The number of amides is 2. The summed E-state index contributed by atoms with van der Waals surface area (Å²) in [5, 5.41) is 9.05. The van der Waals surface area contributed by atoms with Crippen LogP contribution >= 0.6 is 0 Å². The molecule has 2 N–H and O–H groups in total. The minimum Gasteiger partial charge on any atom is -0.370 e. The fourth-order valence-corrected chi connectivity index (χ4v) is 2.75. The number of aromatic nitrogens is 2. The van der Waals surface area contributed by atoms with Gasteiger partial charge < -0.3 is 15.0 Å². The van der Waals surface area contributed by atoms with Crippen molar-refractivity contribution >= 4 is 6.03 Å². The van der Waals surface area contributed by atoms with E-state index in [0.29, 0.717) is 25.4 Å². The van der Waals surface area contributed by atoms with E-state index < -0.39 is 0 Å². The van der Waals surface area contributed by atoms with Gasteiger partial charge in [-0.15, -0.1) is 0 Å². The van der Waals surface area contributed by atoms with Crippen LogP contribution in [0.3, 0.4) is 0 Å². The third-order valence-corrected chi connectivity index (χ3v) is 4.27. The number of aryl methyl sites for hydroxylation is 1. The van der Waals surface area contributed by atoms with Crippen molar-refractivity contribution in [3.63, 3.8) is 0 Å². The van der Waals surface area contributed by atoms with Crippen LogP contribution in [0, 0.1) is 0 Å². The van der Waals surface area contributed by atoms with E-state index in [1.807, 2.05) is 0 Å². The first-order chi connectivity index (χ1) is 12.2. The average Bonchev–Trinajstić information content (AvgIpc) is 2.67. The number of morpholine rings is 1. The van der Waals surface area contributed by atoms with E-state index >= 15 is 0 Å². The van der Waals surface area contributed by atoms with Crippen molar-refractivity contribution in [2.45, 2.75) is 26.0 Å². The van der Waals surface area contributed by atoms with E-state index in [1.54, 1.807) is 11.0 Å². The number of benzene rings is 1. The summed E-state index contributed by atoms with van der Waals surface area (Å²) in [7, 11) is 0. The summed E-state index contributed by atoms with van der Waals surface area (Å²) in [6.07, 6.45) is 0.885. The van der Waals surface area contributed by atoms with Crippen LogP contribution in [0.2, 0.25) is 0 Å². The molecule has 0 bridgehead atoms. The molecule has 25 heavy (non-hydrogen) atoms. The van der Waals surface area contributed by atoms with E-state index in [-0.39, 0.29) is 24.2 Å². The minimum atomic E-state index is -0.264. The number of ether oxygens (including phenoxy) is 1. The first kappa shape index (κ1) is 17.2. The van der Waals surface area contributed by atoms with Crippen LogP contribution in [0.5, 0.6) is 0 Å². The van der Waals surface area contributed by atoms with Gasteiger partial charge in [-0.1, -0.05) is 31.2 Å². The van der Waals surface area contributed by atoms with Crippen molar-refractivity contribution in [1.82, 2.24) is 20.4 Å². The minimum absolute atomic E-state index is 0.114. The van der Waals surface area contributed by atoms with Gasteiger partial charge in [-0.3, -0.25) is 4.79 Å². The summed E-state index contributed by atoms with van der Waals surface area (Å²) in [5.41, 5.74) is 2.70. The van der Waals surface area contributed by atoms with Crippen LogP contribution in [0.25, 0.3) is 0 Å². The number of aromatic amines is 1. The highest BCUT2D eigenvalue weighted by Gasteiger charge is 2.25. The Morgan fingerprint density at radius 1 is 1.32 bits per heavy atom.